The number of nitrogens with one attached hydrogen (secondary N) is 1. The summed E-state index contributed by atoms with van der Waals surface area (Å²) in [4.78, 5) is 16.4. The highest BCUT2D eigenvalue weighted by Gasteiger charge is 2.26. The Morgan fingerprint density at radius 3 is 2.64 bits per heavy atom. The summed E-state index contributed by atoms with van der Waals surface area (Å²) in [7, 11) is -3.48. The lowest BCUT2D eigenvalue weighted by Crippen LogP contribution is -2.35. The lowest BCUT2D eigenvalue weighted by molar-refractivity contribution is -0.123. The van der Waals surface area contributed by atoms with E-state index >= 15 is 0 Å². The van der Waals surface area contributed by atoms with Crippen LogP contribution in [0.4, 0.5) is 0 Å². The third-order valence-electron chi connectivity index (χ3n) is 4.65. The largest absolute Gasteiger partial charge is 0.484 e. The van der Waals surface area contributed by atoms with Crippen LogP contribution >= 0.6 is 0 Å². The molecule has 2 aromatic rings. The Labute approximate surface area is 165 Å². The molecule has 1 aromatic carbocycles. The molecule has 1 N–H and O–H groups in total. The van der Waals surface area contributed by atoms with Crippen molar-refractivity contribution < 1.29 is 17.9 Å². The number of benzene rings is 1. The number of amides is 1. The van der Waals surface area contributed by atoms with E-state index in [1.54, 1.807) is 25.3 Å². The van der Waals surface area contributed by atoms with Crippen molar-refractivity contribution in [1.29, 1.82) is 0 Å². The molecule has 0 atom stereocenters. The first-order valence-electron chi connectivity index (χ1n) is 9.37. The Bertz CT molecular complexity index is 910. The summed E-state index contributed by atoms with van der Waals surface area (Å²) < 4.78 is 32.6. The van der Waals surface area contributed by atoms with Gasteiger partial charge in [0.1, 0.15) is 5.75 Å². The number of piperidine rings is 1. The molecule has 1 aliphatic heterocycles. The summed E-state index contributed by atoms with van der Waals surface area (Å²) in [6, 6.07) is 10.2. The van der Waals surface area contributed by atoms with Crippen LogP contribution in [0.1, 0.15) is 30.5 Å². The Hall–Kier alpha value is -2.45. The fourth-order valence-electron chi connectivity index (χ4n) is 3.08. The van der Waals surface area contributed by atoms with Crippen LogP contribution in [0.15, 0.2) is 47.5 Å². The molecule has 0 saturated carbocycles. The van der Waals surface area contributed by atoms with Gasteiger partial charge in [0.15, 0.2) is 6.61 Å². The Morgan fingerprint density at radius 1 is 1.18 bits per heavy atom. The number of nitrogens with zero attached hydrogens (tertiary/aromatic N) is 2. The van der Waals surface area contributed by atoms with Crippen molar-refractivity contribution >= 4 is 15.9 Å². The summed E-state index contributed by atoms with van der Waals surface area (Å²) in [5.41, 5.74) is 1.44. The van der Waals surface area contributed by atoms with Crippen LogP contribution in [-0.2, 0) is 21.4 Å². The molecule has 8 heteroatoms. The normalized spacial score (nSPS) is 15.2. The lowest BCUT2D eigenvalue weighted by Gasteiger charge is -2.26. The molecular weight excluding hydrogens is 378 g/mol. The van der Waals surface area contributed by atoms with E-state index in [0.29, 0.717) is 30.9 Å². The number of hydrogen-bond donors (Lipinski definition) is 1. The molecule has 1 aromatic heterocycles. The van der Waals surface area contributed by atoms with Crippen molar-refractivity contribution in [3.05, 3.63) is 53.9 Å². The molecule has 1 aliphatic rings. The van der Waals surface area contributed by atoms with E-state index < -0.39 is 10.0 Å². The maximum atomic E-state index is 12.8. The molecule has 28 heavy (non-hydrogen) atoms. The second kappa shape index (κ2) is 9.16. The highest BCUT2D eigenvalue weighted by molar-refractivity contribution is 7.89. The summed E-state index contributed by atoms with van der Waals surface area (Å²) in [5.74, 6) is 0.223. The Balaban J connectivity index is 1.57. The van der Waals surface area contributed by atoms with Crippen LogP contribution in [0.2, 0.25) is 0 Å². The van der Waals surface area contributed by atoms with E-state index in [1.807, 2.05) is 18.2 Å². The molecule has 7 nitrogen and oxygen atoms in total. The second-order valence-corrected chi connectivity index (χ2v) is 8.72. The highest BCUT2D eigenvalue weighted by Crippen LogP contribution is 2.25. The van der Waals surface area contributed by atoms with Crippen LogP contribution in [-0.4, -0.2) is 43.3 Å². The van der Waals surface area contributed by atoms with E-state index in [4.69, 9.17) is 4.74 Å². The lowest BCUT2D eigenvalue weighted by atomic mass is 10.2. The molecule has 3 rings (SSSR count). The van der Waals surface area contributed by atoms with Crippen molar-refractivity contribution in [2.75, 3.05) is 19.7 Å². The Kier molecular flexibility index (Phi) is 6.64. The summed E-state index contributed by atoms with van der Waals surface area (Å²) >= 11 is 0. The maximum absolute atomic E-state index is 12.8. The van der Waals surface area contributed by atoms with Gasteiger partial charge in [-0.2, -0.15) is 4.31 Å². The van der Waals surface area contributed by atoms with Crippen LogP contribution < -0.4 is 10.1 Å². The topological polar surface area (TPSA) is 88.6 Å². The third-order valence-corrected chi connectivity index (χ3v) is 6.55. The van der Waals surface area contributed by atoms with Crippen LogP contribution in [0.5, 0.6) is 5.75 Å². The zero-order valence-electron chi connectivity index (χ0n) is 15.9. The minimum absolute atomic E-state index is 0.147. The highest BCUT2D eigenvalue weighted by atomic mass is 32.2. The van der Waals surface area contributed by atoms with Gasteiger partial charge in [-0.3, -0.25) is 9.78 Å². The average molecular weight is 404 g/mol. The number of carbonyl (C=O) groups excluding carboxylic acids is 1. The molecule has 0 bridgehead atoms. The minimum Gasteiger partial charge on any atom is -0.484 e. The number of carbonyl (C=O) groups is 1. The number of rotatable bonds is 7. The van der Waals surface area contributed by atoms with Gasteiger partial charge in [-0.15, -0.1) is 0 Å². The number of aryl methyl sites for hydroxylation is 1. The number of sulfonamides is 1. The third kappa shape index (κ3) is 5.08. The molecule has 1 saturated heterocycles. The maximum Gasteiger partial charge on any atom is 0.258 e. The number of hydrogen-bond acceptors (Lipinski definition) is 5. The van der Waals surface area contributed by atoms with Crippen molar-refractivity contribution in [3.63, 3.8) is 0 Å². The summed E-state index contributed by atoms with van der Waals surface area (Å²) in [5, 5.41) is 2.74. The summed E-state index contributed by atoms with van der Waals surface area (Å²) in [6.07, 6.45) is 4.53. The number of pyridine rings is 1. The van der Waals surface area contributed by atoms with Crippen molar-refractivity contribution in [2.45, 2.75) is 37.6 Å². The standard InChI is InChI=1S/C20H25N3O4S/c1-16-13-18(28(25,26)23-11-5-2-6-12-23)8-9-19(16)27-15-20(24)22-14-17-7-3-4-10-21-17/h3-4,7-10,13H,2,5-6,11-12,14-15H2,1H3,(H,22,24). The van der Waals surface area contributed by atoms with Crippen molar-refractivity contribution in [2.24, 2.45) is 0 Å². The molecule has 0 aliphatic carbocycles. The van der Waals surface area contributed by atoms with E-state index in [9.17, 15) is 13.2 Å². The molecule has 1 fully saturated rings. The number of aromatic nitrogens is 1. The summed E-state index contributed by atoms with van der Waals surface area (Å²) in [6.45, 7) is 3.09. The Morgan fingerprint density at radius 2 is 1.96 bits per heavy atom. The van der Waals surface area contributed by atoms with E-state index in [1.165, 1.54) is 10.4 Å². The van der Waals surface area contributed by atoms with E-state index in [-0.39, 0.29) is 17.4 Å². The van der Waals surface area contributed by atoms with Gasteiger partial charge in [-0.25, -0.2) is 8.42 Å². The molecule has 0 unspecified atom stereocenters. The van der Waals surface area contributed by atoms with Crippen LogP contribution in [0, 0.1) is 6.92 Å². The minimum atomic E-state index is -3.48. The zero-order chi connectivity index (χ0) is 20.0. The van der Waals surface area contributed by atoms with Crippen molar-refractivity contribution in [3.8, 4) is 5.75 Å². The fraction of sp³-hybridized carbons (Fsp3) is 0.400. The van der Waals surface area contributed by atoms with E-state index in [2.05, 4.69) is 10.3 Å². The second-order valence-electron chi connectivity index (χ2n) is 6.78. The molecular formula is C20H25N3O4S. The smallest absolute Gasteiger partial charge is 0.258 e. The van der Waals surface area contributed by atoms with Crippen molar-refractivity contribution in [1.82, 2.24) is 14.6 Å². The molecule has 0 spiro atoms. The van der Waals surface area contributed by atoms with E-state index in [0.717, 1.165) is 25.0 Å². The first-order chi connectivity index (χ1) is 13.5. The van der Waals surface area contributed by atoms with Crippen LogP contribution in [0.3, 0.4) is 0 Å². The predicted molar refractivity (Wildman–Crippen MR) is 105 cm³/mol. The molecule has 2 heterocycles. The van der Waals surface area contributed by atoms with Gasteiger partial charge in [0.25, 0.3) is 5.91 Å². The fourth-order valence-corrected chi connectivity index (χ4v) is 4.69. The molecule has 0 radical (unpaired) electrons. The average Bonchev–Trinajstić information content (AvgIpc) is 2.72. The first kappa shape index (κ1) is 20.3. The van der Waals surface area contributed by atoms with Gasteiger partial charge in [-0.05, 0) is 55.7 Å². The quantitative estimate of drug-likeness (QED) is 0.766. The van der Waals surface area contributed by atoms with Gasteiger partial charge in [0.05, 0.1) is 17.1 Å². The SMILES string of the molecule is Cc1cc(S(=O)(=O)N2CCCCC2)ccc1OCC(=O)NCc1ccccn1. The predicted octanol–water partition coefficient (Wildman–Crippen LogP) is 2.26. The first-order valence-corrected chi connectivity index (χ1v) is 10.8. The number of ether oxygens (including phenoxy) is 1. The molecule has 1 amide bonds. The van der Waals surface area contributed by atoms with Crippen LogP contribution in [0.25, 0.3) is 0 Å². The monoisotopic (exact) mass is 403 g/mol. The van der Waals surface area contributed by atoms with Gasteiger partial charge < -0.3 is 10.1 Å². The van der Waals surface area contributed by atoms with Gasteiger partial charge in [0, 0.05) is 19.3 Å². The van der Waals surface area contributed by atoms with Gasteiger partial charge in [0.2, 0.25) is 10.0 Å². The zero-order valence-corrected chi connectivity index (χ0v) is 16.7. The molecule has 150 valence electrons. The van der Waals surface area contributed by atoms with Gasteiger partial charge in [-0.1, -0.05) is 12.5 Å². The van der Waals surface area contributed by atoms with Gasteiger partial charge >= 0.3 is 0 Å².